The third-order valence-electron chi connectivity index (χ3n) is 3.26. The maximum absolute atomic E-state index is 12.9. The van der Waals surface area contributed by atoms with E-state index in [0.717, 1.165) is 25.0 Å². The van der Waals surface area contributed by atoms with Crippen LogP contribution < -0.4 is 5.73 Å². The summed E-state index contributed by atoms with van der Waals surface area (Å²) in [5.74, 6) is 0.924. The molecule has 1 aromatic heterocycles. The first-order chi connectivity index (χ1) is 9.24. The van der Waals surface area contributed by atoms with E-state index in [0.29, 0.717) is 11.6 Å². The van der Waals surface area contributed by atoms with Crippen molar-refractivity contribution < 1.29 is 9.13 Å². The Bertz CT molecular complexity index is 548. The highest BCUT2D eigenvalue weighted by Crippen LogP contribution is 2.26. The van der Waals surface area contributed by atoms with Gasteiger partial charge in [-0.2, -0.15) is 5.10 Å². The summed E-state index contributed by atoms with van der Waals surface area (Å²) in [6, 6.07) is 5.57. The second-order valence-corrected chi connectivity index (χ2v) is 4.61. The van der Waals surface area contributed by atoms with Crippen LogP contribution in [-0.4, -0.2) is 21.8 Å². The van der Waals surface area contributed by atoms with Crippen LogP contribution in [0.2, 0.25) is 0 Å². The second kappa shape index (κ2) is 5.07. The number of hydrogen-bond acceptors (Lipinski definition) is 4. The van der Waals surface area contributed by atoms with E-state index < -0.39 is 6.04 Å². The van der Waals surface area contributed by atoms with E-state index in [2.05, 4.69) is 15.2 Å². The maximum Gasteiger partial charge on any atom is 0.171 e. The zero-order valence-corrected chi connectivity index (χ0v) is 10.3. The van der Waals surface area contributed by atoms with Crippen molar-refractivity contribution in [3.05, 3.63) is 47.3 Å². The Hall–Kier alpha value is -1.79. The molecule has 0 saturated carbocycles. The molecule has 2 aromatic rings. The Kier molecular flexibility index (Phi) is 3.27. The van der Waals surface area contributed by atoms with Gasteiger partial charge in [-0.3, -0.25) is 5.10 Å². The summed E-state index contributed by atoms with van der Waals surface area (Å²) in [6.07, 6.45) is 1.96. The molecule has 1 saturated heterocycles. The molecule has 19 heavy (non-hydrogen) atoms. The van der Waals surface area contributed by atoms with Crippen LogP contribution in [0.1, 0.15) is 42.2 Å². The minimum Gasteiger partial charge on any atom is -0.370 e. The fraction of sp³-hybridized carbons (Fsp3) is 0.385. The monoisotopic (exact) mass is 262 g/mol. The highest BCUT2D eigenvalue weighted by atomic mass is 19.1. The number of halogens is 1. The average molecular weight is 262 g/mol. The molecule has 1 fully saturated rings. The first-order valence-electron chi connectivity index (χ1n) is 6.29. The van der Waals surface area contributed by atoms with Gasteiger partial charge in [-0.1, -0.05) is 12.1 Å². The highest BCUT2D eigenvalue weighted by Gasteiger charge is 2.23. The van der Waals surface area contributed by atoms with Gasteiger partial charge in [-0.05, 0) is 30.5 Å². The van der Waals surface area contributed by atoms with Gasteiger partial charge in [0, 0.05) is 6.61 Å². The predicted octanol–water partition coefficient (Wildman–Crippen LogP) is 1.84. The summed E-state index contributed by atoms with van der Waals surface area (Å²) >= 11 is 0. The molecule has 6 heteroatoms. The van der Waals surface area contributed by atoms with E-state index in [-0.39, 0.29) is 11.9 Å². The Morgan fingerprint density at radius 1 is 1.37 bits per heavy atom. The van der Waals surface area contributed by atoms with Crippen LogP contribution in [0, 0.1) is 5.82 Å². The molecule has 2 atom stereocenters. The van der Waals surface area contributed by atoms with Crippen molar-refractivity contribution in [2.75, 3.05) is 6.61 Å². The van der Waals surface area contributed by atoms with Crippen LogP contribution in [-0.2, 0) is 4.74 Å². The van der Waals surface area contributed by atoms with Gasteiger partial charge in [0.2, 0.25) is 0 Å². The van der Waals surface area contributed by atoms with Crippen molar-refractivity contribution in [1.82, 2.24) is 15.2 Å². The Morgan fingerprint density at radius 3 is 2.84 bits per heavy atom. The van der Waals surface area contributed by atoms with Crippen LogP contribution in [0.25, 0.3) is 0 Å². The largest absolute Gasteiger partial charge is 0.370 e. The Morgan fingerprint density at radius 2 is 2.16 bits per heavy atom. The summed E-state index contributed by atoms with van der Waals surface area (Å²) < 4.78 is 18.4. The van der Waals surface area contributed by atoms with E-state index in [1.165, 1.54) is 12.1 Å². The molecule has 0 radical (unpaired) electrons. The number of benzene rings is 1. The second-order valence-electron chi connectivity index (χ2n) is 4.61. The molecule has 0 spiro atoms. The molecule has 100 valence electrons. The van der Waals surface area contributed by atoms with Crippen molar-refractivity contribution in [1.29, 1.82) is 0 Å². The van der Waals surface area contributed by atoms with E-state index in [1.54, 1.807) is 12.1 Å². The lowest BCUT2D eigenvalue weighted by Crippen LogP contribution is -2.13. The molecule has 0 amide bonds. The van der Waals surface area contributed by atoms with E-state index in [1.807, 2.05) is 0 Å². The minimum absolute atomic E-state index is 0.0123. The molecular weight excluding hydrogens is 247 g/mol. The molecule has 0 aliphatic carbocycles. The van der Waals surface area contributed by atoms with Gasteiger partial charge in [-0.25, -0.2) is 9.37 Å². The van der Waals surface area contributed by atoms with Crippen molar-refractivity contribution in [3.63, 3.8) is 0 Å². The van der Waals surface area contributed by atoms with Crippen LogP contribution in [0.3, 0.4) is 0 Å². The SMILES string of the molecule is N[C@@H](c1ccc(F)cc1)c1n[nH]c([C@@H]2CCCO2)n1. The van der Waals surface area contributed by atoms with E-state index in [4.69, 9.17) is 10.5 Å². The maximum atomic E-state index is 12.9. The minimum atomic E-state index is -0.466. The van der Waals surface area contributed by atoms with Crippen LogP contribution in [0.5, 0.6) is 0 Å². The smallest absolute Gasteiger partial charge is 0.171 e. The summed E-state index contributed by atoms with van der Waals surface area (Å²) in [6.45, 7) is 0.755. The fourth-order valence-corrected chi connectivity index (χ4v) is 2.18. The number of aromatic nitrogens is 3. The molecule has 5 nitrogen and oxygen atoms in total. The number of ether oxygens (including phenoxy) is 1. The zero-order valence-electron chi connectivity index (χ0n) is 10.3. The van der Waals surface area contributed by atoms with Crippen LogP contribution in [0.15, 0.2) is 24.3 Å². The van der Waals surface area contributed by atoms with Gasteiger partial charge in [0.1, 0.15) is 11.9 Å². The van der Waals surface area contributed by atoms with Gasteiger partial charge in [-0.15, -0.1) is 0 Å². The normalized spacial score (nSPS) is 20.6. The number of rotatable bonds is 3. The quantitative estimate of drug-likeness (QED) is 0.885. The number of nitrogens with one attached hydrogen (secondary N) is 1. The van der Waals surface area contributed by atoms with Crippen molar-refractivity contribution in [2.24, 2.45) is 5.73 Å². The fourth-order valence-electron chi connectivity index (χ4n) is 2.18. The number of nitrogens with zero attached hydrogens (tertiary/aromatic N) is 2. The van der Waals surface area contributed by atoms with Crippen molar-refractivity contribution in [3.8, 4) is 0 Å². The highest BCUT2D eigenvalue weighted by molar-refractivity contribution is 5.24. The summed E-state index contributed by atoms with van der Waals surface area (Å²) in [5.41, 5.74) is 6.85. The topological polar surface area (TPSA) is 76.8 Å². The molecule has 0 bridgehead atoms. The molecule has 0 unspecified atom stereocenters. The number of hydrogen-bond donors (Lipinski definition) is 2. The third-order valence-corrected chi connectivity index (χ3v) is 3.26. The summed E-state index contributed by atoms with van der Waals surface area (Å²) in [4.78, 5) is 4.38. The average Bonchev–Trinajstić information content (AvgIpc) is 3.10. The van der Waals surface area contributed by atoms with Gasteiger partial charge in [0.15, 0.2) is 11.6 Å². The zero-order chi connectivity index (χ0) is 13.2. The Labute approximate surface area is 110 Å². The molecule has 1 aromatic carbocycles. The first-order valence-corrected chi connectivity index (χ1v) is 6.29. The van der Waals surface area contributed by atoms with Crippen LogP contribution >= 0.6 is 0 Å². The third kappa shape index (κ3) is 2.50. The lowest BCUT2D eigenvalue weighted by molar-refractivity contribution is 0.105. The predicted molar refractivity (Wildman–Crippen MR) is 66.7 cm³/mol. The van der Waals surface area contributed by atoms with Gasteiger partial charge in [0.25, 0.3) is 0 Å². The molecule has 1 aliphatic heterocycles. The lowest BCUT2D eigenvalue weighted by Gasteiger charge is -2.07. The standard InChI is InChI=1S/C13H15FN4O/c14-9-5-3-8(4-6-9)11(15)13-16-12(17-18-13)10-2-1-7-19-10/h3-6,10-11H,1-2,7,15H2,(H,16,17,18)/t10-,11-/m0/s1. The van der Waals surface area contributed by atoms with Crippen LogP contribution in [0.4, 0.5) is 4.39 Å². The Balaban J connectivity index is 1.79. The summed E-state index contributed by atoms with van der Waals surface area (Å²) in [5, 5.41) is 6.99. The van der Waals surface area contributed by atoms with Crippen molar-refractivity contribution in [2.45, 2.75) is 25.0 Å². The van der Waals surface area contributed by atoms with Gasteiger partial charge >= 0.3 is 0 Å². The number of nitrogens with two attached hydrogens (primary N) is 1. The molecule has 2 heterocycles. The van der Waals surface area contributed by atoms with Gasteiger partial charge < -0.3 is 10.5 Å². The van der Waals surface area contributed by atoms with E-state index in [9.17, 15) is 4.39 Å². The molecule has 3 N–H and O–H groups in total. The molecule has 3 rings (SSSR count). The van der Waals surface area contributed by atoms with E-state index >= 15 is 0 Å². The first kappa shape index (κ1) is 12.3. The number of aromatic amines is 1. The molecular formula is C13H15FN4O. The molecule has 1 aliphatic rings. The summed E-state index contributed by atoms with van der Waals surface area (Å²) in [7, 11) is 0. The number of H-pyrrole nitrogens is 1. The van der Waals surface area contributed by atoms with Gasteiger partial charge in [0.05, 0.1) is 6.04 Å². The lowest BCUT2D eigenvalue weighted by atomic mass is 10.1. The van der Waals surface area contributed by atoms with Crippen molar-refractivity contribution >= 4 is 0 Å².